The fourth-order valence-electron chi connectivity index (χ4n) is 2.89. The molecule has 20 heavy (non-hydrogen) atoms. The number of hydrogen-bond donors (Lipinski definition) is 1. The molecule has 3 rings (SSSR count). The van der Waals surface area contributed by atoms with Gasteiger partial charge >= 0.3 is 0 Å². The Morgan fingerprint density at radius 1 is 1.35 bits per heavy atom. The summed E-state index contributed by atoms with van der Waals surface area (Å²) in [6, 6.07) is 9.75. The smallest absolute Gasteiger partial charge is 0.162 e. The third-order valence-corrected chi connectivity index (χ3v) is 4.11. The van der Waals surface area contributed by atoms with E-state index >= 15 is 0 Å². The Balaban J connectivity index is 1.65. The van der Waals surface area contributed by atoms with Crippen LogP contribution in [0.4, 0.5) is 0 Å². The predicted molar refractivity (Wildman–Crippen MR) is 80.9 cm³/mol. The van der Waals surface area contributed by atoms with Crippen molar-refractivity contribution in [3.63, 3.8) is 0 Å². The maximum absolute atomic E-state index is 12.3. The lowest BCUT2D eigenvalue weighted by molar-refractivity contribution is 0.0971. The van der Waals surface area contributed by atoms with Crippen LogP contribution in [0.1, 0.15) is 36.0 Å². The molecule has 1 aliphatic rings. The average Bonchev–Trinajstić information content (AvgIpc) is 2.53. The topological polar surface area (TPSA) is 42.0 Å². The van der Waals surface area contributed by atoms with Gasteiger partial charge in [-0.3, -0.25) is 9.78 Å². The van der Waals surface area contributed by atoms with Crippen molar-refractivity contribution in [3.8, 4) is 0 Å². The highest BCUT2D eigenvalue weighted by atomic mass is 16.1. The first kappa shape index (κ1) is 13.3. The first-order chi connectivity index (χ1) is 9.83. The number of aromatic nitrogens is 1. The van der Waals surface area contributed by atoms with E-state index in [9.17, 15) is 4.79 Å². The molecule has 1 aliphatic heterocycles. The average molecular weight is 268 g/mol. The molecule has 1 fully saturated rings. The summed E-state index contributed by atoms with van der Waals surface area (Å²) in [5.41, 5.74) is 1.69. The van der Waals surface area contributed by atoms with Crippen LogP contribution in [0.3, 0.4) is 0 Å². The van der Waals surface area contributed by atoms with Gasteiger partial charge in [-0.05, 0) is 50.4 Å². The second kappa shape index (κ2) is 6.14. The van der Waals surface area contributed by atoms with E-state index in [1.807, 2.05) is 30.3 Å². The van der Waals surface area contributed by atoms with Crippen molar-refractivity contribution in [2.75, 3.05) is 13.1 Å². The van der Waals surface area contributed by atoms with Crippen molar-refractivity contribution in [2.45, 2.75) is 25.7 Å². The van der Waals surface area contributed by atoms with Gasteiger partial charge in [-0.15, -0.1) is 0 Å². The predicted octanol–water partition coefficient (Wildman–Crippen LogP) is 3.20. The van der Waals surface area contributed by atoms with Gasteiger partial charge in [0.15, 0.2) is 5.78 Å². The van der Waals surface area contributed by atoms with Crippen LogP contribution in [0.5, 0.6) is 0 Å². The minimum atomic E-state index is 0.239. The van der Waals surface area contributed by atoms with Crippen molar-refractivity contribution in [1.29, 1.82) is 0 Å². The Labute approximate surface area is 119 Å². The first-order valence-corrected chi connectivity index (χ1v) is 7.41. The van der Waals surface area contributed by atoms with Gasteiger partial charge in [0.1, 0.15) is 0 Å². The summed E-state index contributed by atoms with van der Waals surface area (Å²) >= 11 is 0. The van der Waals surface area contributed by atoms with Crippen molar-refractivity contribution >= 4 is 16.7 Å². The molecule has 0 spiro atoms. The lowest BCUT2D eigenvalue weighted by Crippen LogP contribution is -2.30. The Kier molecular flexibility index (Phi) is 4.07. The number of Topliss-reactive ketones (excluding diaryl/α,β-unsaturated/α-hetero) is 1. The third-order valence-electron chi connectivity index (χ3n) is 4.11. The number of fused-ring (bicyclic) bond motifs is 1. The molecule has 0 radical (unpaired) electrons. The highest BCUT2D eigenvalue weighted by molar-refractivity contribution is 5.99. The van der Waals surface area contributed by atoms with Gasteiger partial charge in [-0.1, -0.05) is 18.2 Å². The highest BCUT2D eigenvalue weighted by Gasteiger charge is 2.15. The van der Waals surface area contributed by atoms with Crippen LogP contribution < -0.4 is 5.32 Å². The maximum Gasteiger partial charge on any atom is 0.162 e. The summed E-state index contributed by atoms with van der Waals surface area (Å²) in [4.78, 5) is 16.6. The molecule has 0 bridgehead atoms. The standard InChI is InChI=1S/C17H20N2O/c20-17(8-5-13-3-1-9-18-12-13)15-7-6-14-4-2-10-19-16(14)11-15/h2,4,6-7,10-11,13,18H,1,3,5,8-9,12H2. The molecule has 1 N–H and O–H groups in total. The van der Waals surface area contributed by atoms with Crippen LogP contribution in [-0.2, 0) is 0 Å². The van der Waals surface area contributed by atoms with Crippen LogP contribution in [0, 0.1) is 5.92 Å². The molecule has 1 aromatic heterocycles. The van der Waals surface area contributed by atoms with E-state index in [0.29, 0.717) is 12.3 Å². The monoisotopic (exact) mass is 268 g/mol. The Morgan fingerprint density at radius 3 is 3.15 bits per heavy atom. The molecule has 0 saturated carbocycles. The molecule has 1 saturated heterocycles. The third kappa shape index (κ3) is 3.05. The molecule has 1 atom stereocenters. The number of piperidine rings is 1. The lowest BCUT2D eigenvalue weighted by atomic mass is 9.92. The summed E-state index contributed by atoms with van der Waals surface area (Å²) in [5, 5.41) is 4.49. The van der Waals surface area contributed by atoms with Crippen molar-refractivity contribution in [1.82, 2.24) is 10.3 Å². The molecular formula is C17H20N2O. The lowest BCUT2D eigenvalue weighted by Gasteiger charge is -2.22. The minimum absolute atomic E-state index is 0.239. The zero-order valence-electron chi connectivity index (χ0n) is 11.6. The largest absolute Gasteiger partial charge is 0.316 e. The fourth-order valence-corrected chi connectivity index (χ4v) is 2.89. The molecule has 0 aliphatic carbocycles. The quantitative estimate of drug-likeness (QED) is 0.866. The van der Waals surface area contributed by atoms with E-state index in [0.717, 1.165) is 36.0 Å². The molecule has 104 valence electrons. The van der Waals surface area contributed by atoms with Gasteiger partial charge in [-0.25, -0.2) is 0 Å². The zero-order valence-corrected chi connectivity index (χ0v) is 11.6. The number of hydrogen-bond acceptors (Lipinski definition) is 3. The van der Waals surface area contributed by atoms with Crippen molar-refractivity contribution in [2.24, 2.45) is 5.92 Å². The van der Waals surface area contributed by atoms with Crippen LogP contribution in [0.2, 0.25) is 0 Å². The number of nitrogens with one attached hydrogen (secondary N) is 1. The number of rotatable bonds is 4. The molecule has 3 nitrogen and oxygen atoms in total. The summed E-state index contributed by atoms with van der Waals surface area (Å²) < 4.78 is 0. The number of nitrogens with zero attached hydrogens (tertiary/aromatic N) is 1. The van der Waals surface area contributed by atoms with E-state index in [-0.39, 0.29) is 5.78 Å². The van der Waals surface area contributed by atoms with E-state index in [4.69, 9.17) is 0 Å². The van der Waals surface area contributed by atoms with Crippen LogP contribution in [-0.4, -0.2) is 23.9 Å². The molecule has 1 aromatic carbocycles. The number of carbonyl (C=O) groups is 1. The van der Waals surface area contributed by atoms with Gasteiger partial charge in [-0.2, -0.15) is 0 Å². The van der Waals surface area contributed by atoms with Gasteiger partial charge in [0.25, 0.3) is 0 Å². The van der Waals surface area contributed by atoms with Gasteiger partial charge in [0, 0.05) is 23.6 Å². The number of ketones is 1. The summed E-state index contributed by atoms with van der Waals surface area (Å²) in [6.45, 7) is 2.19. The van der Waals surface area contributed by atoms with Gasteiger partial charge in [0.2, 0.25) is 0 Å². The van der Waals surface area contributed by atoms with E-state index in [2.05, 4.69) is 10.3 Å². The molecule has 0 amide bonds. The molecule has 2 heterocycles. The van der Waals surface area contributed by atoms with E-state index in [1.54, 1.807) is 6.20 Å². The summed E-state index contributed by atoms with van der Waals surface area (Å²) in [7, 11) is 0. The first-order valence-electron chi connectivity index (χ1n) is 7.41. The number of pyridine rings is 1. The van der Waals surface area contributed by atoms with Crippen molar-refractivity contribution in [3.05, 3.63) is 42.1 Å². The second-order valence-electron chi connectivity index (χ2n) is 5.59. The SMILES string of the molecule is O=C(CCC1CCCNC1)c1ccc2cccnc2c1. The highest BCUT2D eigenvalue weighted by Crippen LogP contribution is 2.19. The number of benzene rings is 1. The normalized spacial score (nSPS) is 19.1. The molecule has 1 unspecified atom stereocenters. The van der Waals surface area contributed by atoms with Crippen LogP contribution >= 0.6 is 0 Å². The minimum Gasteiger partial charge on any atom is -0.316 e. The maximum atomic E-state index is 12.3. The Hall–Kier alpha value is -1.74. The molecule has 2 aromatic rings. The van der Waals surface area contributed by atoms with Gasteiger partial charge in [0.05, 0.1) is 5.52 Å². The summed E-state index contributed by atoms with van der Waals surface area (Å²) in [5.74, 6) is 0.898. The molecular weight excluding hydrogens is 248 g/mol. The van der Waals surface area contributed by atoms with Crippen LogP contribution in [0.25, 0.3) is 10.9 Å². The number of carbonyl (C=O) groups excluding carboxylic acids is 1. The van der Waals surface area contributed by atoms with E-state index < -0.39 is 0 Å². The van der Waals surface area contributed by atoms with Crippen molar-refractivity contribution < 1.29 is 4.79 Å². The zero-order chi connectivity index (χ0) is 13.8. The van der Waals surface area contributed by atoms with Crippen LogP contribution in [0.15, 0.2) is 36.5 Å². The fraction of sp³-hybridized carbons (Fsp3) is 0.412. The Bertz CT molecular complexity index is 603. The second-order valence-corrected chi connectivity index (χ2v) is 5.59. The van der Waals surface area contributed by atoms with E-state index in [1.165, 1.54) is 12.8 Å². The molecule has 3 heteroatoms. The summed E-state index contributed by atoms with van der Waals surface area (Å²) in [6.07, 6.45) is 5.89. The Morgan fingerprint density at radius 2 is 2.30 bits per heavy atom. The van der Waals surface area contributed by atoms with Gasteiger partial charge < -0.3 is 5.32 Å².